The highest BCUT2D eigenvalue weighted by Gasteiger charge is 2.32. The number of alkyl halides is 3. The van der Waals surface area contributed by atoms with Gasteiger partial charge in [0.25, 0.3) is 0 Å². The van der Waals surface area contributed by atoms with Gasteiger partial charge in [0.15, 0.2) is 0 Å². The van der Waals surface area contributed by atoms with Crippen molar-refractivity contribution >= 4 is 17.9 Å². The van der Waals surface area contributed by atoms with Crippen LogP contribution in [-0.2, 0) is 11.0 Å². The highest BCUT2D eigenvalue weighted by molar-refractivity contribution is 6.31. The van der Waals surface area contributed by atoms with Crippen LogP contribution in [0.15, 0.2) is 12.1 Å². The summed E-state index contributed by atoms with van der Waals surface area (Å²) in [6.07, 6.45) is -3.86. The summed E-state index contributed by atoms with van der Waals surface area (Å²) in [5.41, 5.74) is -0.853. The summed E-state index contributed by atoms with van der Waals surface area (Å²) in [6, 6.07) is 1.36. The SMILES string of the molecule is CC(CC=O)c1c(O)cc(C(F)(F)F)cc1Cl. The van der Waals surface area contributed by atoms with Crippen LogP contribution in [0.25, 0.3) is 0 Å². The van der Waals surface area contributed by atoms with Gasteiger partial charge in [-0.15, -0.1) is 0 Å². The number of rotatable bonds is 3. The van der Waals surface area contributed by atoms with Crippen LogP contribution < -0.4 is 0 Å². The van der Waals surface area contributed by atoms with E-state index in [1.807, 2.05) is 0 Å². The fraction of sp³-hybridized carbons (Fsp3) is 0.364. The number of carbonyl (C=O) groups is 1. The van der Waals surface area contributed by atoms with Crippen molar-refractivity contribution in [1.82, 2.24) is 0 Å². The monoisotopic (exact) mass is 266 g/mol. The zero-order valence-corrected chi connectivity index (χ0v) is 9.64. The maximum absolute atomic E-state index is 12.4. The third-order valence-electron chi connectivity index (χ3n) is 2.38. The molecule has 1 aromatic rings. The van der Waals surface area contributed by atoms with Gasteiger partial charge in [-0.05, 0) is 18.1 Å². The summed E-state index contributed by atoms with van der Waals surface area (Å²) >= 11 is 5.70. The Labute approximate surface area is 101 Å². The highest BCUT2D eigenvalue weighted by atomic mass is 35.5. The van der Waals surface area contributed by atoms with Crippen LogP contribution in [0.5, 0.6) is 5.75 Å². The van der Waals surface area contributed by atoms with Crippen LogP contribution in [0.2, 0.25) is 5.02 Å². The molecule has 0 spiro atoms. The minimum Gasteiger partial charge on any atom is -0.508 e. The molecule has 1 N–H and O–H groups in total. The predicted octanol–water partition coefficient (Wildman–Crippen LogP) is 3.76. The first-order valence-electron chi connectivity index (χ1n) is 4.80. The number of hydrogen-bond donors (Lipinski definition) is 1. The Bertz CT molecular complexity index is 406. The van der Waals surface area contributed by atoms with E-state index in [2.05, 4.69) is 0 Å². The topological polar surface area (TPSA) is 37.3 Å². The van der Waals surface area contributed by atoms with Crippen molar-refractivity contribution in [2.45, 2.75) is 25.4 Å². The third-order valence-corrected chi connectivity index (χ3v) is 2.69. The fourth-order valence-corrected chi connectivity index (χ4v) is 1.92. The van der Waals surface area contributed by atoms with E-state index < -0.39 is 23.4 Å². The molecule has 6 heteroatoms. The predicted molar refractivity (Wildman–Crippen MR) is 57.2 cm³/mol. The second-order valence-electron chi connectivity index (χ2n) is 3.69. The molecule has 1 unspecified atom stereocenters. The number of benzene rings is 1. The van der Waals surface area contributed by atoms with Crippen LogP contribution in [0.4, 0.5) is 13.2 Å². The van der Waals surface area contributed by atoms with Crippen molar-refractivity contribution in [2.75, 3.05) is 0 Å². The second kappa shape index (κ2) is 4.96. The average molecular weight is 267 g/mol. The normalized spacial score (nSPS) is 13.5. The molecule has 0 amide bonds. The first kappa shape index (κ1) is 13.8. The Morgan fingerprint density at radius 2 is 2.06 bits per heavy atom. The van der Waals surface area contributed by atoms with Gasteiger partial charge in [-0.2, -0.15) is 13.2 Å². The lowest BCUT2D eigenvalue weighted by molar-refractivity contribution is -0.137. The lowest BCUT2D eigenvalue weighted by Gasteiger charge is -2.15. The Kier molecular flexibility index (Phi) is 4.03. The molecule has 0 aliphatic rings. The van der Waals surface area contributed by atoms with E-state index in [9.17, 15) is 23.1 Å². The molecule has 17 heavy (non-hydrogen) atoms. The summed E-state index contributed by atoms with van der Waals surface area (Å²) in [5.74, 6) is -0.971. The van der Waals surface area contributed by atoms with Gasteiger partial charge in [0.2, 0.25) is 0 Å². The molecule has 0 heterocycles. The first-order valence-corrected chi connectivity index (χ1v) is 5.18. The van der Waals surface area contributed by atoms with Crippen LogP contribution >= 0.6 is 11.6 Å². The Balaban J connectivity index is 3.24. The van der Waals surface area contributed by atoms with E-state index in [0.29, 0.717) is 12.4 Å². The maximum atomic E-state index is 12.4. The molecular formula is C11H10ClF3O2. The molecule has 0 aliphatic heterocycles. The highest BCUT2D eigenvalue weighted by Crippen LogP contribution is 2.40. The second-order valence-corrected chi connectivity index (χ2v) is 4.10. The number of phenols is 1. The number of hydrogen-bond acceptors (Lipinski definition) is 2. The van der Waals surface area contributed by atoms with Gasteiger partial charge in [-0.3, -0.25) is 0 Å². The number of phenolic OH excluding ortho intramolecular Hbond substituents is 1. The quantitative estimate of drug-likeness (QED) is 0.846. The number of halogens is 4. The number of aldehydes is 1. The zero-order chi connectivity index (χ0) is 13.2. The van der Waals surface area contributed by atoms with Gasteiger partial charge < -0.3 is 9.90 Å². The molecule has 0 saturated heterocycles. The van der Waals surface area contributed by atoms with Crippen molar-refractivity contribution in [1.29, 1.82) is 0 Å². The Hall–Kier alpha value is -1.23. The Morgan fingerprint density at radius 1 is 1.47 bits per heavy atom. The van der Waals surface area contributed by atoms with Gasteiger partial charge in [0, 0.05) is 17.0 Å². The summed E-state index contributed by atoms with van der Waals surface area (Å²) in [7, 11) is 0. The average Bonchev–Trinajstić information content (AvgIpc) is 2.15. The maximum Gasteiger partial charge on any atom is 0.416 e. The molecular weight excluding hydrogens is 257 g/mol. The van der Waals surface area contributed by atoms with Crippen molar-refractivity contribution < 1.29 is 23.1 Å². The Morgan fingerprint density at radius 3 is 2.47 bits per heavy atom. The van der Waals surface area contributed by atoms with Gasteiger partial charge in [-0.1, -0.05) is 18.5 Å². The van der Waals surface area contributed by atoms with Crippen molar-refractivity contribution in [3.05, 3.63) is 28.3 Å². The van der Waals surface area contributed by atoms with E-state index in [0.717, 1.165) is 6.07 Å². The zero-order valence-electron chi connectivity index (χ0n) is 8.88. The van der Waals surface area contributed by atoms with E-state index in [1.54, 1.807) is 6.92 Å². The summed E-state index contributed by atoms with van der Waals surface area (Å²) in [6.45, 7) is 1.60. The minimum absolute atomic E-state index is 0.0820. The van der Waals surface area contributed by atoms with E-state index >= 15 is 0 Å². The van der Waals surface area contributed by atoms with E-state index in [4.69, 9.17) is 11.6 Å². The number of aromatic hydroxyl groups is 1. The third kappa shape index (κ3) is 3.12. The first-order chi connectivity index (χ1) is 7.77. The molecule has 1 rings (SSSR count). The van der Waals surface area contributed by atoms with Crippen molar-refractivity contribution in [3.8, 4) is 5.75 Å². The molecule has 1 atom stereocenters. The van der Waals surface area contributed by atoms with E-state index in [1.165, 1.54) is 0 Å². The standard InChI is InChI=1S/C11H10ClF3O2/c1-6(2-3-16)10-8(12)4-7(5-9(10)17)11(13,14)15/h3-6,17H,2H2,1H3. The molecule has 2 nitrogen and oxygen atoms in total. The molecule has 0 bridgehead atoms. The van der Waals surface area contributed by atoms with Gasteiger partial charge in [0.1, 0.15) is 12.0 Å². The van der Waals surface area contributed by atoms with Crippen LogP contribution in [0.1, 0.15) is 30.4 Å². The molecule has 0 saturated carbocycles. The number of carbonyl (C=O) groups excluding carboxylic acids is 1. The van der Waals surface area contributed by atoms with Gasteiger partial charge in [0.05, 0.1) is 5.56 Å². The smallest absolute Gasteiger partial charge is 0.416 e. The van der Waals surface area contributed by atoms with Gasteiger partial charge in [-0.25, -0.2) is 0 Å². The lowest BCUT2D eigenvalue weighted by Crippen LogP contribution is -2.06. The van der Waals surface area contributed by atoms with Gasteiger partial charge >= 0.3 is 6.18 Å². The summed E-state index contributed by atoms with van der Waals surface area (Å²) in [4.78, 5) is 10.3. The van der Waals surface area contributed by atoms with Crippen LogP contribution in [-0.4, -0.2) is 11.4 Å². The summed E-state index contributed by atoms with van der Waals surface area (Å²) < 4.78 is 37.2. The van der Waals surface area contributed by atoms with E-state index in [-0.39, 0.29) is 17.0 Å². The molecule has 94 valence electrons. The van der Waals surface area contributed by atoms with Crippen molar-refractivity contribution in [3.63, 3.8) is 0 Å². The lowest BCUT2D eigenvalue weighted by atomic mass is 9.96. The molecule has 0 fully saturated rings. The fourth-order valence-electron chi connectivity index (χ4n) is 1.52. The molecule has 1 aromatic carbocycles. The molecule has 0 aliphatic carbocycles. The van der Waals surface area contributed by atoms with Crippen LogP contribution in [0, 0.1) is 0 Å². The molecule has 0 radical (unpaired) electrons. The largest absolute Gasteiger partial charge is 0.508 e. The van der Waals surface area contributed by atoms with Crippen LogP contribution in [0.3, 0.4) is 0 Å². The summed E-state index contributed by atoms with van der Waals surface area (Å²) in [5, 5.41) is 9.34. The molecule has 0 aromatic heterocycles. The minimum atomic E-state index is -4.56. The van der Waals surface area contributed by atoms with Crippen molar-refractivity contribution in [2.24, 2.45) is 0 Å².